The summed E-state index contributed by atoms with van der Waals surface area (Å²) >= 11 is 16.9. The lowest BCUT2D eigenvalue weighted by molar-refractivity contribution is 0.0814. The molecule has 0 rings (SSSR count). The molecule has 0 aliphatic carbocycles. The first-order valence-corrected chi connectivity index (χ1v) is 4.25. The van der Waals surface area contributed by atoms with E-state index in [0.29, 0.717) is 6.54 Å². The van der Waals surface area contributed by atoms with Crippen LogP contribution in [0, 0.1) is 0 Å². The van der Waals surface area contributed by atoms with Crippen molar-refractivity contribution in [2.45, 2.75) is 9.90 Å². The van der Waals surface area contributed by atoms with Gasteiger partial charge in [-0.1, -0.05) is 34.8 Å². The molecule has 0 saturated carbocycles. The van der Waals surface area contributed by atoms with Gasteiger partial charge in [-0.25, -0.2) is 0 Å². The van der Waals surface area contributed by atoms with Crippen LogP contribution in [0.25, 0.3) is 0 Å². The van der Waals surface area contributed by atoms with Crippen LogP contribution in [0.1, 0.15) is 0 Å². The number of methoxy groups -OCH3 is 1. The molecular formula is C6H12Cl3NO. The Labute approximate surface area is 82.3 Å². The van der Waals surface area contributed by atoms with E-state index in [-0.39, 0.29) is 6.10 Å². The van der Waals surface area contributed by atoms with E-state index < -0.39 is 3.79 Å². The van der Waals surface area contributed by atoms with Gasteiger partial charge in [-0.3, -0.25) is 0 Å². The van der Waals surface area contributed by atoms with Crippen LogP contribution >= 0.6 is 34.8 Å². The fourth-order valence-corrected chi connectivity index (χ4v) is 1.12. The first kappa shape index (κ1) is 11.8. The second kappa shape index (κ2) is 4.73. The molecular weight excluding hydrogens is 208 g/mol. The van der Waals surface area contributed by atoms with Crippen LogP contribution in [0.15, 0.2) is 0 Å². The largest absolute Gasteiger partial charge is 0.376 e. The lowest BCUT2D eigenvalue weighted by Crippen LogP contribution is -2.37. The molecule has 2 nitrogen and oxygen atoms in total. The van der Waals surface area contributed by atoms with Crippen molar-refractivity contribution < 1.29 is 4.74 Å². The summed E-state index contributed by atoms with van der Waals surface area (Å²) in [6.07, 6.45) is -0.387. The third-order valence-corrected chi connectivity index (χ3v) is 1.91. The van der Waals surface area contributed by atoms with Gasteiger partial charge in [0.25, 0.3) is 0 Å². The van der Waals surface area contributed by atoms with E-state index in [2.05, 4.69) is 0 Å². The number of likely N-dealkylation sites (N-methyl/N-ethyl adjacent to an activating group) is 1. The van der Waals surface area contributed by atoms with Gasteiger partial charge in [0, 0.05) is 13.7 Å². The zero-order valence-corrected chi connectivity index (χ0v) is 9.04. The predicted molar refractivity (Wildman–Crippen MR) is 49.6 cm³/mol. The molecule has 0 aliphatic heterocycles. The SMILES string of the molecule is CO[C@@H](CN(C)C)C(Cl)(Cl)Cl. The summed E-state index contributed by atoms with van der Waals surface area (Å²) in [5.41, 5.74) is 0. The average Bonchev–Trinajstić information content (AvgIpc) is 1.79. The number of hydrogen-bond donors (Lipinski definition) is 0. The third-order valence-electron chi connectivity index (χ3n) is 1.18. The molecule has 0 spiro atoms. The Kier molecular flexibility index (Phi) is 5.07. The molecule has 0 heterocycles. The lowest BCUT2D eigenvalue weighted by atomic mass is 10.4. The predicted octanol–water partition coefficient (Wildman–Crippen LogP) is 1.93. The lowest BCUT2D eigenvalue weighted by Gasteiger charge is -2.25. The highest BCUT2D eigenvalue weighted by Crippen LogP contribution is 2.32. The molecule has 0 radical (unpaired) electrons. The van der Waals surface area contributed by atoms with Gasteiger partial charge in [-0.2, -0.15) is 0 Å². The van der Waals surface area contributed by atoms with Crippen LogP contribution in [0.5, 0.6) is 0 Å². The van der Waals surface area contributed by atoms with Crippen molar-refractivity contribution in [3.8, 4) is 0 Å². The van der Waals surface area contributed by atoms with Crippen molar-refractivity contribution in [2.24, 2.45) is 0 Å². The second-order valence-corrected chi connectivity index (χ2v) is 4.90. The summed E-state index contributed by atoms with van der Waals surface area (Å²) in [7, 11) is 5.31. The Morgan fingerprint density at radius 1 is 1.36 bits per heavy atom. The zero-order valence-electron chi connectivity index (χ0n) is 6.77. The van der Waals surface area contributed by atoms with Crippen molar-refractivity contribution in [3.63, 3.8) is 0 Å². The van der Waals surface area contributed by atoms with E-state index in [0.717, 1.165) is 0 Å². The molecule has 5 heteroatoms. The van der Waals surface area contributed by atoms with E-state index in [9.17, 15) is 0 Å². The third kappa shape index (κ3) is 5.10. The van der Waals surface area contributed by atoms with Crippen LogP contribution in [0.3, 0.4) is 0 Å². The maximum absolute atomic E-state index is 5.62. The van der Waals surface area contributed by atoms with Crippen molar-refractivity contribution >= 4 is 34.8 Å². The number of halogens is 3. The van der Waals surface area contributed by atoms with Gasteiger partial charge in [0.15, 0.2) is 0 Å². The molecule has 0 aliphatic rings. The highest BCUT2D eigenvalue weighted by molar-refractivity contribution is 6.68. The monoisotopic (exact) mass is 219 g/mol. The molecule has 0 aromatic rings. The molecule has 0 amide bonds. The highest BCUT2D eigenvalue weighted by atomic mass is 35.6. The van der Waals surface area contributed by atoms with Crippen LogP contribution in [-0.2, 0) is 4.74 Å². The number of hydrogen-bond acceptors (Lipinski definition) is 2. The maximum Gasteiger partial charge on any atom is 0.217 e. The van der Waals surface area contributed by atoms with Gasteiger partial charge in [0.2, 0.25) is 3.79 Å². The second-order valence-electron chi connectivity index (χ2n) is 2.53. The Hall–Kier alpha value is 0.790. The zero-order chi connectivity index (χ0) is 9.07. The molecule has 1 atom stereocenters. The van der Waals surface area contributed by atoms with Gasteiger partial charge in [-0.05, 0) is 14.1 Å². The number of nitrogens with zero attached hydrogens (tertiary/aromatic N) is 1. The van der Waals surface area contributed by atoms with E-state index in [1.54, 1.807) is 0 Å². The van der Waals surface area contributed by atoms with Crippen LogP contribution in [0.4, 0.5) is 0 Å². The Balaban J connectivity index is 3.96. The quantitative estimate of drug-likeness (QED) is 0.674. The van der Waals surface area contributed by atoms with E-state index >= 15 is 0 Å². The molecule has 0 fully saturated rings. The van der Waals surface area contributed by atoms with Gasteiger partial charge >= 0.3 is 0 Å². The molecule has 0 unspecified atom stereocenters. The van der Waals surface area contributed by atoms with Crippen molar-refractivity contribution in [3.05, 3.63) is 0 Å². The summed E-state index contributed by atoms with van der Waals surface area (Å²) in [4.78, 5) is 1.90. The van der Waals surface area contributed by atoms with E-state index in [1.165, 1.54) is 7.11 Å². The Morgan fingerprint density at radius 2 is 1.82 bits per heavy atom. The van der Waals surface area contributed by atoms with Crippen LogP contribution in [0.2, 0.25) is 0 Å². The van der Waals surface area contributed by atoms with Crippen molar-refractivity contribution in [2.75, 3.05) is 27.7 Å². The van der Waals surface area contributed by atoms with Gasteiger partial charge in [0.05, 0.1) is 0 Å². The van der Waals surface area contributed by atoms with Gasteiger partial charge in [0.1, 0.15) is 6.10 Å². The number of ether oxygens (including phenoxy) is 1. The van der Waals surface area contributed by atoms with Gasteiger partial charge in [-0.15, -0.1) is 0 Å². The highest BCUT2D eigenvalue weighted by Gasteiger charge is 2.32. The Morgan fingerprint density at radius 3 is 1.91 bits per heavy atom. The summed E-state index contributed by atoms with van der Waals surface area (Å²) in [5, 5.41) is 0. The maximum atomic E-state index is 5.62. The van der Waals surface area contributed by atoms with Crippen LogP contribution in [-0.4, -0.2) is 42.5 Å². The van der Waals surface area contributed by atoms with E-state index in [1.807, 2.05) is 19.0 Å². The molecule has 68 valence electrons. The molecule has 11 heavy (non-hydrogen) atoms. The summed E-state index contributed by atoms with van der Waals surface area (Å²) < 4.78 is 3.64. The minimum atomic E-state index is -1.35. The first-order valence-electron chi connectivity index (χ1n) is 3.12. The molecule has 0 bridgehead atoms. The first-order chi connectivity index (χ1) is 4.88. The van der Waals surface area contributed by atoms with Crippen LogP contribution < -0.4 is 0 Å². The fraction of sp³-hybridized carbons (Fsp3) is 1.00. The normalized spacial score (nSPS) is 15.5. The fourth-order valence-electron chi connectivity index (χ4n) is 0.643. The number of rotatable bonds is 3. The van der Waals surface area contributed by atoms with Crippen molar-refractivity contribution in [1.29, 1.82) is 0 Å². The Bertz CT molecular complexity index is 113. The standard InChI is InChI=1S/C6H12Cl3NO/c1-10(2)4-5(11-3)6(7,8)9/h5H,4H2,1-3H3/t5-/m0/s1. The minimum Gasteiger partial charge on any atom is -0.376 e. The van der Waals surface area contributed by atoms with Gasteiger partial charge < -0.3 is 9.64 Å². The van der Waals surface area contributed by atoms with Crippen molar-refractivity contribution in [1.82, 2.24) is 4.90 Å². The summed E-state index contributed by atoms with van der Waals surface area (Å²) in [5.74, 6) is 0. The molecule has 0 aromatic heterocycles. The van der Waals surface area contributed by atoms with E-state index in [4.69, 9.17) is 39.5 Å². The number of alkyl halides is 3. The smallest absolute Gasteiger partial charge is 0.217 e. The minimum absolute atomic E-state index is 0.387. The topological polar surface area (TPSA) is 12.5 Å². The average molecular weight is 221 g/mol. The summed E-state index contributed by atoms with van der Waals surface area (Å²) in [6, 6.07) is 0. The molecule has 0 N–H and O–H groups in total. The summed E-state index contributed by atoms with van der Waals surface area (Å²) in [6.45, 7) is 0.590. The molecule has 0 saturated heterocycles. The molecule has 0 aromatic carbocycles.